The van der Waals surface area contributed by atoms with Gasteiger partial charge in [0.1, 0.15) is 6.54 Å². The summed E-state index contributed by atoms with van der Waals surface area (Å²) < 4.78 is 27.5. The molecule has 1 rings (SSSR count). The summed E-state index contributed by atoms with van der Waals surface area (Å²) >= 11 is 0. The monoisotopic (exact) mass is 315 g/mol. The van der Waals surface area contributed by atoms with Gasteiger partial charge in [0.2, 0.25) is 17.8 Å². The first-order valence-electron chi connectivity index (χ1n) is 8.57. The second-order valence-electron chi connectivity index (χ2n) is 4.86. The number of aliphatic imine (C=N–C) groups is 1. The number of hydrazine groups is 1. The van der Waals surface area contributed by atoms with Crippen molar-refractivity contribution in [2.75, 3.05) is 20.1 Å². The van der Waals surface area contributed by atoms with Crippen LogP contribution in [0.3, 0.4) is 0 Å². The van der Waals surface area contributed by atoms with Crippen LogP contribution in [0.4, 0.5) is 0 Å². The molecule has 124 valence electrons. The van der Waals surface area contributed by atoms with Crippen LogP contribution in [-0.4, -0.2) is 53.9 Å². The second kappa shape index (κ2) is 8.85. The van der Waals surface area contributed by atoms with Crippen LogP contribution in [0.25, 0.3) is 0 Å². The minimum atomic E-state index is -2.90. The molecule has 22 heavy (non-hydrogen) atoms. The van der Waals surface area contributed by atoms with E-state index in [1.54, 1.807) is 0 Å². The predicted molar refractivity (Wildman–Crippen MR) is 81.7 cm³/mol. The number of nitrogens with two attached hydrogens (primary N) is 2. The van der Waals surface area contributed by atoms with E-state index in [9.17, 15) is 9.59 Å². The van der Waals surface area contributed by atoms with Gasteiger partial charge >= 0.3 is 5.97 Å². The Bertz CT molecular complexity index is 538. The van der Waals surface area contributed by atoms with Crippen molar-refractivity contribution in [3.8, 4) is 0 Å². The molecule has 0 aromatic rings. The SMILES string of the molecule is [2H]C([2H])([2H])N(C(=N)N)N1CC(=O)OCCCCCCCC(=O)N=C1N. The van der Waals surface area contributed by atoms with Crippen LogP contribution in [0.5, 0.6) is 0 Å². The molecular weight excluding hydrogens is 288 g/mol. The smallest absolute Gasteiger partial charge is 0.327 e. The molecule has 0 saturated carbocycles. The Balaban J connectivity index is 3.14. The molecule has 0 saturated heterocycles. The average Bonchev–Trinajstić information content (AvgIpc) is 2.46. The molecule has 1 heterocycles. The maximum absolute atomic E-state index is 12.0. The molecule has 0 unspecified atom stereocenters. The number of esters is 1. The van der Waals surface area contributed by atoms with Crippen molar-refractivity contribution in [3.05, 3.63) is 0 Å². The fraction of sp³-hybridized carbons (Fsp3) is 0.692. The molecule has 5 N–H and O–H groups in total. The Morgan fingerprint density at radius 1 is 1.36 bits per heavy atom. The summed E-state index contributed by atoms with van der Waals surface area (Å²) in [6.45, 7) is -3.35. The van der Waals surface area contributed by atoms with Gasteiger partial charge in [-0.3, -0.25) is 20.0 Å². The number of hydrogen-bond donors (Lipinski definition) is 3. The molecule has 1 aliphatic rings. The minimum Gasteiger partial charge on any atom is -0.464 e. The first-order valence-corrected chi connectivity index (χ1v) is 7.07. The fourth-order valence-corrected chi connectivity index (χ4v) is 1.89. The highest BCUT2D eigenvalue weighted by molar-refractivity contribution is 5.94. The molecule has 0 atom stereocenters. The third-order valence-corrected chi connectivity index (χ3v) is 3.05. The predicted octanol–water partition coefficient (Wildman–Crippen LogP) is -0.233. The van der Waals surface area contributed by atoms with E-state index < -0.39 is 37.3 Å². The highest BCUT2D eigenvalue weighted by atomic mass is 16.5. The van der Waals surface area contributed by atoms with E-state index in [0.717, 1.165) is 19.3 Å². The number of ether oxygens (including phenoxy) is 1. The van der Waals surface area contributed by atoms with E-state index in [-0.39, 0.29) is 13.0 Å². The summed E-state index contributed by atoms with van der Waals surface area (Å²) in [5.74, 6) is -2.72. The van der Waals surface area contributed by atoms with Gasteiger partial charge in [0, 0.05) is 17.5 Å². The number of carbonyl (C=O) groups is 2. The van der Waals surface area contributed by atoms with Gasteiger partial charge in [-0.05, 0) is 12.8 Å². The topological polar surface area (TPSA) is 138 Å². The Hall–Kier alpha value is -2.32. The lowest BCUT2D eigenvalue weighted by atomic mass is 10.1. The van der Waals surface area contributed by atoms with Crippen LogP contribution in [0.2, 0.25) is 0 Å². The van der Waals surface area contributed by atoms with Crippen LogP contribution in [0.1, 0.15) is 42.6 Å². The lowest BCUT2D eigenvalue weighted by Gasteiger charge is -2.31. The summed E-state index contributed by atoms with van der Waals surface area (Å²) in [5, 5.41) is 8.46. The van der Waals surface area contributed by atoms with Crippen molar-refractivity contribution in [1.29, 1.82) is 5.41 Å². The summed E-state index contributed by atoms with van der Waals surface area (Å²) in [6, 6.07) is 0. The van der Waals surface area contributed by atoms with Crippen molar-refractivity contribution in [2.24, 2.45) is 16.5 Å². The largest absolute Gasteiger partial charge is 0.464 e. The van der Waals surface area contributed by atoms with E-state index in [0.29, 0.717) is 22.9 Å². The molecule has 1 amide bonds. The van der Waals surface area contributed by atoms with Gasteiger partial charge in [0.15, 0.2) is 0 Å². The zero-order valence-corrected chi connectivity index (χ0v) is 12.4. The molecule has 0 fully saturated rings. The van der Waals surface area contributed by atoms with Gasteiger partial charge in [0.25, 0.3) is 0 Å². The zero-order valence-electron chi connectivity index (χ0n) is 15.4. The van der Waals surface area contributed by atoms with E-state index in [4.69, 9.17) is 25.7 Å². The third-order valence-electron chi connectivity index (χ3n) is 3.05. The van der Waals surface area contributed by atoms with Crippen molar-refractivity contribution in [2.45, 2.75) is 38.5 Å². The lowest BCUT2D eigenvalue weighted by Crippen LogP contribution is -2.54. The summed E-state index contributed by atoms with van der Waals surface area (Å²) in [5.41, 5.74) is 11.0. The first kappa shape index (κ1) is 13.4. The Morgan fingerprint density at radius 2 is 2.05 bits per heavy atom. The summed E-state index contributed by atoms with van der Waals surface area (Å²) in [7, 11) is 0. The number of nitrogens with zero attached hydrogens (tertiary/aromatic N) is 3. The van der Waals surface area contributed by atoms with Gasteiger partial charge in [-0.1, -0.05) is 19.3 Å². The van der Waals surface area contributed by atoms with E-state index in [2.05, 4.69) is 4.99 Å². The Morgan fingerprint density at radius 3 is 2.73 bits per heavy atom. The number of cyclic esters (lactones) is 1. The van der Waals surface area contributed by atoms with Crippen molar-refractivity contribution >= 4 is 23.8 Å². The summed E-state index contributed by atoms with van der Waals surface area (Å²) in [4.78, 5) is 27.5. The second-order valence-corrected chi connectivity index (χ2v) is 4.86. The van der Waals surface area contributed by atoms with Gasteiger partial charge in [-0.25, -0.2) is 5.01 Å². The molecule has 9 nitrogen and oxygen atoms in total. The van der Waals surface area contributed by atoms with Gasteiger partial charge in [-0.15, -0.1) is 0 Å². The maximum atomic E-state index is 12.0. The molecule has 1 aliphatic heterocycles. The Kier molecular flexibility index (Phi) is 5.37. The van der Waals surface area contributed by atoms with Crippen LogP contribution in [-0.2, 0) is 14.3 Å². The van der Waals surface area contributed by atoms with Crippen LogP contribution >= 0.6 is 0 Å². The highest BCUT2D eigenvalue weighted by Crippen LogP contribution is 2.08. The molecular formula is C13H24N6O3. The van der Waals surface area contributed by atoms with Gasteiger partial charge in [0.05, 0.1) is 6.61 Å². The standard InChI is InChI=1S/C13H24N6O3/c1-18(12(14)15)19-9-11(21)22-8-6-4-2-3-5-7-10(20)17-13(19)16/h2-9H2,1H3,(H3,14,15)(H2,16,17,20)/i1D3. The quantitative estimate of drug-likeness (QED) is 0.345. The fourth-order valence-electron chi connectivity index (χ4n) is 1.89. The number of carbonyl (C=O) groups excluding carboxylic acids is 2. The molecule has 0 aromatic heterocycles. The molecule has 9 heteroatoms. The van der Waals surface area contributed by atoms with E-state index >= 15 is 0 Å². The van der Waals surface area contributed by atoms with Crippen LogP contribution in [0, 0.1) is 5.41 Å². The van der Waals surface area contributed by atoms with Crippen molar-refractivity contribution in [1.82, 2.24) is 10.0 Å². The van der Waals surface area contributed by atoms with Gasteiger partial charge in [-0.2, -0.15) is 4.99 Å². The molecule has 0 spiro atoms. The maximum Gasteiger partial charge on any atom is 0.327 e. The number of hydrogen-bond acceptors (Lipinski definition) is 6. The van der Waals surface area contributed by atoms with Crippen molar-refractivity contribution < 1.29 is 18.4 Å². The number of rotatable bonds is 1. The molecule has 0 bridgehead atoms. The number of guanidine groups is 2. The molecule has 0 aromatic carbocycles. The van der Waals surface area contributed by atoms with Crippen LogP contribution in [0.15, 0.2) is 4.99 Å². The Labute approximate surface area is 134 Å². The first-order chi connectivity index (χ1) is 11.6. The lowest BCUT2D eigenvalue weighted by molar-refractivity contribution is -0.146. The zero-order chi connectivity index (χ0) is 19.0. The van der Waals surface area contributed by atoms with E-state index in [1.807, 2.05) is 0 Å². The normalized spacial score (nSPS) is 21.5. The number of amides is 1. The number of nitrogens with one attached hydrogen (secondary N) is 1. The third kappa shape index (κ3) is 5.98. The molecule has 0 aliphatic carbocycles. The molecule has 0 radical (unpaired) electrons. The minimum absolute atomic E-state index is 0.160. The van der Waals surface area contributed by atoms with Gasteiger partial charge < -0.3 is 16.2 Å². The van der Waals surface area contributed by atoms with E-state index in [1.165, 1.54) is 0 Å². The van der Waals surface area contributed by atoms with Crippen molar-refractivity contribution in [3.63, 3.8) is 0 Å². The average molecular weight is 315 g/mol. The highest BCUT2D eigenvalue weighted by Gasteiger charge is 2.21. The van der Waals surface area contributed by atoms with Crippen LogP contribution < -0.4 is 11.5 Å². The summed E-state index contributed by atoms with van der Waals surface area (Å²) in [6.07, 6.45) is 4.04.